The third kappa shape index (κ3) is 2.71. The van der Waals surface area contributed by atoms with Crippen LogP contribution >= 0.6 is 27.5 Å². The maximum atomic E-state index is 5.98. The Morgan fingerprint density at radius 2 is 1.90 bits per heavy atom. The molecule has 0 radical (unpaired) electrons. The number of rotatable bonds is 3. The van der Waals surface area contributed by atoms with Crippen molar-refractivity contribution in [3.8, 4) is 5.69 Å². The van der Waals surface area contributed by atoms with Gasteiger partial charge < -0.3 is 5.32 Å². The molecule has 0 unspecified atom stereocenters. The fourth-order valence-electron chi connectivity index (χ4n) is 1.92. The molecule has 0 aliphatic rings. The number of benzene rings is 2. The van der Waals surface area contributed by atoms with E-state index in [0.717, 1.165) is 21.8 Å². The van der Waals surface area contributed by atoms with Crippen molar-refractivity contribution in [1.82, 2.24) is 9.55 Å². The van der Waals surface area contributed by atoms with Gasteiger partial charge in [-0.25, -0.2) is 4.98 Å². The van der Waals surface area contributed by atoms with Crippen LogP contribution in [0.2, 0.25) is 5.02 Å². The Kier molecular flexibility index (Phi) is 3.76. The molecular weight excluding hydrogens is 338 g/mol. The molecule has 0 amide bonds. The lowest BCUT2D eigenvalue weighted by molar-refractivity contribution is 1.06. The van der Waals surface area contributed by atoms with Gasteiger partial charge in [-0.05, 0) is 46.3 Å². The molecule has 0 spiro atoms. The van der Waals surface area contributed by atoms with Crippen LogP contribution in [0.4, 0.5) is 11.6 Å². The van der Waals surface area contributed by atoms with Gasteiger partial charge in [0.05, 0.1) is 5.69 Å². The molecule has 1 heterocycles. The molecule has 3 nitrogen and oxygen atoms in total. The first-order valence-corrected chi connectivity index (χ1v) is 7.22. The maximum absolute atomic E-state index is 5.98. The summed E-state index contributed by atoms with van der Waals surface area (Å²) in [6.07, 6.45) is 3.66. The largest absolute Gasteiger partial charge is 0.325 e. The Bertz CT molecular complexity index is 725. The summed E-state index contributed by atoms with van der Waals surface area (Å²) >= 11 is 9.50. The van der Waals surface area contributed by atoms with Crippen molar-refractivity contribution >= 4 is 39.2 Å². The maximum Gasteiger partial charge on any atom is 0.212 e. The predicted octanol–water partition coefficient (Wildman–Crippen LogP) is 5.03. The molecule has 3 aromatic rings. The number of hydrogen-bond donors (Lipinski definition) is 1. The van der Waals surface area contributed by atoms with Gasteiger partial charge in [0, 0.05) is 27.6 Å². The fraction of sp³-hybridized carbons (Fsp3) is 0. The Balaban J connectivity index is 1.98. The van der Waals surface area contributed by atoms with E-state index in [9.17, 15) is 0 Å². The summed E-state index contributed by atoms with van der Waals surface area (Å²) in [6, 6.07) is 15.6. The van der Waals surface area contributed by atoms with Crippen molar-refractivity contribution in [3.05, 3.63) is 70.4 Å². The Hall–Kier alpha value is -1.78. The Labute approximate surface area is 130 Å². The summed E-state index contributed by atoms with van der Waals surface area (Å²) < 4.78 is 2.88. The lowest BCUT2D eigenvalue weighted by atomic mass is 10.3. The van der Waals surface area contributed by atoms with Crippen molar-refractivity contribution in [2.75, 3.05) is 5.32 Å². The lowest BCUT2D eigenvalue weighted by Gasteiger charge is -2.11. The van der Waals surface area contributed by atoms with E-state index in [1.165, 1.54) is 0 Å². The molecule has 20 heavy (non-hydrogen) atoms. The smallest absolute Gasteiger partial charge is 0.212 e. The van der Waals surface area contributed by atoms with Crippen molar-refractivity contribution in [3.63, 3.8) is 0 Å². The van der Waals surface area contributed by atoms with Crippen LogP contribution in [-0.2, 0) is 0 Å². The number of para-hydroxylation sites is 1. The second-order valence-corrected chi connectivity index (χ2v) is 5.50. The first-order chi connectivity index (χ1) is 9.74. The van der Waals surface area contributed by atoms with Gasteiger partial charge in [0.2, 0.25) is 5.95 Å². The van der Waals surface area contributed by atoms with Crippen LogP contribution in [0, 0.1) is 0 Å². The zero-order valence-corrected chi connectivity index (χ0v) is 12.8. The molecule has 100 valence electrons. The van der Waals surface area contributed by atoms with Crippen LogP contribution < -0.4 is 5.32 Å². The van der Waals surface area contributed by atoms with Crippen molar-refractivity contribution in [2.45, 2.75) is 0 Å². The van der Waals surface area contributed by atoms with Gasteiger partial charge in [0.25, 0.3) is 0 Å². The predicted molar refractivity (Wildman–Crippen MR) is 86.0 cm³/mol. The highest BCUT2D eigenvalue weighted by Gasteiger charge is 2.08. The second kappa shape index (κ2) is 5.69. The van der Waals surface area contributed by atoms with Gasteiger partial charge in [-0.2, -0.15) is 0 Å². The van der Waals surface area contributed by atoms with Crippen LogP contribution in [-0.4, -0.2) is 9.55 Å². The highest BCUT2D eigenvalue weighted by Crippen LogP contribution is 2.27. The molecule has 0 fully saturated rings. The molecule has 3 rings (SSSR count). The zero-order chi connectivity index (χ0) is 13.9. The van der Waals surface area contributed by atoms with E-state index in [1.807, 2.05) is 59.3 Å². The van der Waals surface area contributed by atoms with Gasteiger partial charge in [-0.1, -0.05) is 29.8 Å². The Morgan fingerprint density at radius 3 is 2.65 bits per heavy atom. The second-order valence-electron chi connectivity index (χ2n) is 4.21. The summed E-state index contributed by atoms with van der Waals surface area (Å²) in [6.45, 7) is 0. The number of nitrogens with one attached hydrogen (secondary N) is 1. The molecule has 0 saturated heterocycles. The molecule has 1 N–H and O–H groups in total. The standard InChI is InChI=1S/C15H11BrClN3/c16-13-10-11(17)6-7-14(13)20-9-8-18-15(20)19-12-4-2-1-3-5-12/h1-10H,(H,18,19). The molecule has 0 atom stereocenters. The van der Waals surface area contributed by atoms with Crippen molar-refractivity contribution in [1.29, 1.82) is 0 Å². The van der Waals surface area contributed by atoms with Crippen LogP contribution in [0.1, 0.15) is 0 Å². The first kappa shape index (κ1) is 13.2. The molecular formula is C15H11BrClN3. The van der Waals surface area contributed by atoms with E-state index in [4.69, 9.17) is 11.6 Å². The molecule has 0 saturated carbocycles. The molecule has 0 aliphatic heterocycles. The SMILES string of the molecule is Clc1ccc(-n2ccnc2Nc2ccccc2)c(Br)c1. The molecule has 0 bridgehead atoms. The van der Waals surface area contributed by atoms with Crippen LogP contribution in [0.3, 0.4) is 0 Å². The lowest BCUT2D eigenvalue weighted by Crippen LogP contribution is -2.01. The summed E-state index contributed by atoms with van der Waals surface area (Å²) in [5.74, 6) is 0.749. The topological polar surface area (TPSA) is 29.9 Å². The van der Waals surface area contributed by atoms with Crippen LogP contribution in [0.5, 0.6) is 0 Å². The van der Waals surface area contributed by atoms with Gasteiger partial charge >= 0.3 is 0 Å². The highest BCUT2D eigenvalue weighted by molar-refractivity contribution is 9.10. The normalized spacial score (nSPS) is 10.5. The van der Waals surface area contributed by atoms with Crippen LogP contribution in [0.15, 0.2) is 65.4 Å². The molecule has 0 aliphatic carbocycles. The monoisotopic (exact) mass is 347 g/mol. The third-order valence-electron chi connectivity index (χ3n) is 2.84. The minimum atomic E-state index is 0.693. The molecule has 2 aromatic carbocycles. The van der Waals surface area contributed by atoms with E-state index in [2.05, 4.69) is 26.2 Å². The van der Waals surface area contributed by atoms with E-state index in [1.54, 1.807) is 6.20 Å². The Morgan fingerprint density at radius 1 is 1.10 bits per heavy atom. The average molecular weight is 349 g/mol. The fourth-order valence-corrected chi connectivity index (χ4v) is 2.79. The summed E-state index contributed by atoms with van der Waals surface area (Å²) in [5, 5.41) is 3.98. The highest BCUT2D eigenvalue weighted by atomic mass is 79.9. The van der Waals surface area contributed by atoms with Gasteiger partial charge in [0.1, 0.15) is 0 Å². The number of nitrogens with zero attached hydrogens (tertiary/aromatic N) is 2. The number of aromatic nitrogens is 2. The van der Waals surface area contributed by atoms with E-state index < -0.39 is 0 Å². The van der Waals surface area contributed by atoms with Gasteiger partial charge in [-0.3, -0.25) is 4.57 Å². The molecule has 1 aromatic heterocycles. The number of imidazole rings is 1. The average Bonchev–Trinajstić information content (AvgIpc) is 2.88. The summed E-state index contributed by atoms with van der Waals surface area (Å²) in [5.41, 5.74) is 1.97. The minimum Gasteiger partial charge on any atom is -0.325 e. The zero-order valence-electron chi connectivity index (χ0n) is 10.4. The first-order valence-electron chi connectivity index (χ1n) is 6.05. The van der Waals surface area contributed by atoms with Crippen LogP contribution in [0.25, 0.3) is 5.69 Å². The minimum absolute atomic E-state index is 0.693. The molecule has 5 heteroatoms. The van der Waals surface area contributed by atoms with Gasteiger partial charge in [-0.15, -0.1) is 0 Å². The number of anilines is 2. The third-order valence-corrected chi connectivity index (χ3v) is 3.71. The quantitative estimate of drug-likeness (QED) is 0.719. The summed E-state index contributed by atoms with van der Waals surface area (Å²) in [7, 11) is 0. The van der Waals surface area contributed by atoms with E-state index in [-0.39, 0.29) is 0 Å². The van der Waals surface area contributed by atoms with E-state index >= 15 is 0 Å². The number of halogens is 2. The van der Waals surface area contributed by atoms with E-state index in [0.29, 0.717) is 5.02 Å². The van der Waals surface area contributed by atoms with Gasteiger partial charge in [0.15, 0.2) is 0 Å². The van der Waals surface area contributed by atoms with Crippen molar-refractivity contribution in [2.24, 2.45) is 0 Å². The number of hydrogen-bond acceptors (Lipinski definition) is 2. The summed E-state index contributed by atoms with van der Waals surface area (Å²) in [4.78, 5) is 4.35. The van der Waals surface area contributed by atoms with Crippen molar-refractivity contribution < 1.29 is 0 Å².